The zero-order valence-corrected chi connectivity index (χ0v) is 22.9. The van der Waals surface area contributed by atoms with Crippen LogP contribution in [0.3, 0.4) is 0 Å². The van der Waals surface area contributed by atoms with Crippen molar-refractivity contribution in [1.82, 2.24) is 14.7 Å². The van der Waals surface area contributed by atoms with Crippen molar-refractivity contribution in [2.45, 2.75) is 12.1 Å². The van der Waals surface area contributed by atoms with Gasteiger partial charge in [-0.2, -0.15) is 5.26 Å². The third-order valence-corrected chi connectivity index (χ3v) is 7.95. The number of amides is 2. The van der Waals surface area contributed by atoms with Crippen LogP contribution in [0.2, 0.25) is 0 Å². The number of halogens is 2. The summed E-state index contributed by atoms with van der Waals surface area (Å²) < 4.78 is 27.2. The van der Waals surface area contributed by atoms with Gasteiger partial charge in [0.05, 0.1) is 11.6 Å². The van der Waals surface area contributed by atoms with Crippen LogP contribution >= 0.6 is 0 Å². The minimum absolute atomic E-state index is 0.0488. The molecule has 2 N–H and O–H groups in total. The topological polar surface area (TPSA) is 82.8 Å². The van der Waals surface area contributed by atoms with E-state index in [4.69, 9.17) is 0 Å². The Morgan fingerprint density at radius 3 is 2.23 bits per heavy atom. The minimum Gasteiger partial charge on any atom is -0.384 e. The molecule has 2 fully saturated rings. The van der Waals surface area contributed by atoms with Gasteiger partial charge in [-0.15, -0.1) is 0 Å². The Morgan fingerprint density at radius 2 is 1.65 bits per heavy atom. The molecule has 208 valence electrons. The van der Waals surface area contributed by atoms with E-state index >= 15 is 0 Å². The van der Waals surface area contributed by atoms with Gasteiger partial charge in [0.2, 0.25) is 0 Å². The van der Waals surface area contributed by atoms with E-state index in [0.29, 0.717) is 18.7 Å². The van der Waals surface area contributed by atoms with Gasteiger partial charge in [-0.3, -0.25) is 0 Å². The molecule has 40 heavy (non-hydrogen) atoms. The molecule has 2 bridgehead atoms. The zero-order chi connectivity index (χ0) is 28.6. The number of aliphatic hydroxyl groups is 1. The number of piperidine rings is 2. The second kappa shape index (κ2) is 11.0. The van der Waals surface area contributed by atoms with Crippen LogP contribution in [0.15, 0.2) is 60.7 Å². The highest BCUT2D eigenvalue weighted by atomic mass is 19.1. The maximum absolute atomic E-state index is 13.6. The quantitative estimate of drug-likeness (QED) is 0.494. The van der Waals surface area contributed by atoms with E-state index in [9.17, 15) is 23.9 Å². The molecule has 2 heterocycles. The molecular formula is C31H33F2N5O2. The molecule has 2 aliphatic heterocycles. The van der Waals surface area contributed by atoms with Crippen LogP contribution in [0.1, 0.15) is 16.7 Å². The van der Waals surface area contributed by atoms with Crippen LogP contribution in [-0.2, 0) is 12.1 Å². The highest BCUT2D eigenvalue weighted by Gasteiger charge is 2.53. The van der Waals surface area contributed by atoms with Crippen LogP contribution in [0, 0.1) is 34.8 Å². The van der Waals surface area contributed by atoms with Gasteiger partial charge in [-0.05, 0) is 61.6 Å². The van der Waals surface area contributed by atoms with Gasteiger partial charge in [0.25, 0.3) is 0 Å². The second-order valence-corrected chi connectivity index (χ2v) is 11.2. The largest absolute Gasteiger partial charge is 0.384 e. The smallest absolute Gasteiger partial charge is 0.321 e. The number of nitrogens with zero attached hydrogens (tertiary/aromatic N) is 4. The highest BCUT2D eigenvalue weighted by Crippen LogP contribution is 2.45. The summed E-state index contributed by atoms with van der Waals surface area (Å²) in [6.45, 7) is 2.48. The third kappa shape index (κ3) is 5.43. The number of fused-ring (bicyclic) bond motifs is 2. The number of likely N-dealkylation sites (tertiary alicyclic amines) is 2. The molecule has 9 heteroatoms. The molecular weight excluding hydrogens is 512 g/mol. The normalized spacial score (nSPS) is 22.7. The molecule has 0 saturated carbocycles. The molecule has 0 spiro atoms. The number of rotatable bonds is 5. The summed E-state index contributed by atoms with van der Waals surface area (Å²) in [7, 11) is 5.97. The SMILES string of the molecule is CN(C)Cc1ccc(-c2ccc([C@]3(O)[C@@H]4CN(C)C[C@H]3CN(C(=O)Nc3cc(F)cc(F)c3)C4)cc2)c(C#N)c1. The molecule has 0 radical (unpaired) electrons. The molecule has 2 amide bonds. The van der Waals surface area contributed by atoms with Crippen LogP contribution < -0.4 is 5.32 Å². The molecule has 3 aromatic rings. The van der Waals surface area contributed by atoms with Crippen molar-refractivity contribution in [2.24, 2.45) is 11.8 Å². The lowest BCUT2D eigenvalue weighted by molar-refractivity contribution is -0.153. The Labute approximate surface area is 233 Å². The first-order valence-electron chi connectivity index (χ1n) is 13.3. The number of nitrogens with one attached hydrogen (secondary N) is 1. The van der Waals surface area contributed by atoms with Gasteiger partial charge in [-0.25, -0.2) is 13.6 Å². The van der Waals surface area contributed by atoms with Gasteiger partial charge >= 0.3 is 6.03 Å². The predicted molar refractivity (Wildman–Crippen MR) is 149 cm³/mol. The molecule has 3 atom stereocenters. The first-order valence-corrected chi connectivity index (χ1v) is 13.3. The molecule has 0 aromatic heterocycles. The fourth-order valence-electron chi connectivity index (χ4n) is 6.22. The van der Waals surface area contributed by atoms with Crippen LogP contribution in [0.5, 0.6) is 0 Å². The standard InChI is InChI=1S/C31H33F2N5O2/c1-36(2)15-20-4-9-29(22(10-20)14-34)21-5-7-23(8-6-21)31(40)24-16-37(3)17-25(31)19-38(18-24)30(39)35-28-12-26(32)11-27(33)13-28/h4-13,24-25,40H,15-19H2,1-3H3,(H,35,39)/t24-,25+,31+. The van der Waals surface area contributed by atoms with E-state index in [0.717, 1.165) is 47.0 Å². The number of carbonyl (C=O) groups is 1. The number of urea groups is 1. The number of carbonyl (C=O) groups excluding carboxylic acids is 1. The number of hydrogen-bond donors (Lipinski definition) is 2. The van der Waals surface area contributed by atoms with Crippen molar-refractivity contribution in [3.63, 3.8) is 0 Å². The summed E-state index contributed by atoms with van der Waals surface area (Å²) in [6, 6.07) is 18.4. The van der Waals surface area contributed by atoms with Gasteiger partial charge in [0.15, 0.2) is 0 Å². The van der Waals surface area contributed by atoms with E-state index in [-0.39, 0.29) is 30.6 Å². The molecule has 7 nitrogen and oxygen atoms in total. The number of benzene rings is 3. The van der Waals surface area contributed by atoms with E-state index in [1.807, 2.05) is 63.6 Å². The van der Waals surface area contributed by atoms with Crippen LogP contribution in [0.25, 0.3) is 11.1 Å². The lowest BCUT2D eigenvalue weighted by Crippen LogP contribution is -2.65. The Kier molecular flexibility index (Phi) is 7.60. The van der Waals surface area contributed by atoms with Crippen molar-refractivity contribution in [3.8, 4) is 17.2 Å². The Morgan fingerprint density at radius 1 is 1.02 bits per heavy atom. The molecule has 0 aliphatic carbocycles. The molecule has 2 aliphatic rings. The second-order valence-electron chi connectivity index (χ2n) is 11.2. The van der Waals surface area contributed by atoms with E-state index in [2.05, 4.69) is 21.2 Å². The summed E-state index contributed by atoms with van der Waals surface area (Å²) in [6.07, 6.45) is 0. The number of hydrogen-bond acceptors (Lipinski definition) is 5. The first-order chi connectivity index (χ1) is 19.1. The average molecular weight is 546 g/mol. The third-order valence-electron chi connectivity index (χ3n) is 7.95. The van der Waals surface area contributed by atoms with E-state index in [1.54, 1.807) is 4.90 Å². The minimum atomic E-state index is -1.15. The Balaban J connectivity index is 1.37. The molecule has 3 aromatic carbocycles. The van der Waals surface area contributed by atoms with Gasteiger partial charge in [-0.1, -0.05) is 36.4 Å². The van der Waals surface area contributed by atoms with Gasteiger partial charge in [0.1, 0.15) is 17.2 Å². The summed E-state index contributed by atoms with van der Waals surface area (Å²) >= 11 is 0. The van der Waals surface area contributed by atoms with E-state index < -0.39 is 23.3 Å². The molecule has 0 unspecified atom stereocenters. The summed E-state index contributed by atoms with van der Waals surface area (Å²) in [5, 5.41) is 24.5. The fourth-order valence-corrected chi connectivity index (χ4v) is 6.22. The average Bonchev–Trinajstić information content (AvgIpc) is 2.88. The Bertz CT molecular complexity index is 1420. The summed E-state index contributed by atoms with van der Waals surface area (Å²) in [5.74, 6) is -2.08. The predicted octanol–water partition coefficient (Wildman–Crippen LogP) is 4.48. The highest BCUT2D eigenvalue weighted by molar-refractivity contribution is 5.89. The monoisotopic (exact) mass is 545 g/mol. The number of anilines is 1. The first kappa shape index (κ1) is 27.7. The lowest BCUT2D eigenvalue weighted by atomic mass is 9.66. The maximum atomic E-state index is 13.6. The zero-order valence-electron chi connectivity index (χ0n) is 22.9. The fraction of sp³-hybridized carbons (Fsp3) is 0.355. The lowest BCUT2D eigenvalue weighted by Gasteiger charge is -2.55. The van der Waals surface area contributed by atoms with Crippen molar-refractivity contribution < 1.29 is 18.7 Å². The number of nitriles is 1. The molecule has 2 saturated heterocycles. The maximum Gasteiger partial charge on any atom is 0.321 e. The van der Waals surface area contributed by atoms with Crippen molar-refractivity contribution >= 4 is 11.7 Å². The van der Waals surface area contributed by atoms with Crippen molar-refractivity contribution in [3.05, 3.63) is 89.0 Å². The van der Waals surface area contributed by atoms with Gasteiger partial charge < -0.3 is 25.1 Å². The van der Waals surface area contributed by atoms with Crippen molar-refractivity contribution in [1.29, 1.82) is 5.26 Å². The van der Waals surface area contributed by atoms with Crippen LogP contribution in [0.4, 0.5) is 19.3 Å². The van der Waals surface area contributed by atoms with E-state index in [1.165, 1.54) is 0 Å². The summed E-state index contributed by atoms with van der Waals surface area (Å²) in [4.78, 5) is 18.9. The molecule has 5 rings (SSSR count). The van der Waals surface area contributed by atoms with Crippen LogP contribution in [-0.4, -0.2) is 73.2 Å². The summed E-state index contributed by atoms with van der Waals surface area (Å²) in [5.41, 5.74) is 3.06. The Hall–Kier alpha value is -3.84. The van der Waals surface area contributed by atoms with Crippen molar-refractivity contribution in [2.75, 3.05) is 52.6 Å². The van der Waals surface area contributed by atoms with Gasteiger partial charge in [0, 0.05) is 56.3 Å².